The molecule has 4 heteroatoms. The van der Waals surface area contributed by atoms with Crippen molar-refractivity contribution in [1.29, 1.82) is 0 Å². The molecule has 0 saturated heterocycles. The Morgan fingerprint density at radius 3 is 2.96 bits per heavy atom. The third kappa shape index (κ3) is 2.95. The molecule has 0 atom stereocenters. The van der Waals surface area contributed by atoms with Gasteiger partial charge >= 0.3 is 0 Å². The summed E-state index contributed by atoms with van der Waals surface area (Å²) in [6.07, 6.45) is 9.81. The predicted molar refractivity (Wildman–Crippen MR) is 103 cm³/mol. The standard InChI is InChI=1S/C21H18N4/c1-14-6-7-18-17(8-9-23-20(18)10-14)19-13-24-25-21(19)16-5-3-4-15(2)11-22-12-16/h3-10,13H,11H2,1-2H3,(H,24,25)/b5-3-,15-4-. The van der Waals surface area contributed by atoms with E-state index >= 15 is 0 Å². The molecule has 0 saturated carbocycles. The lowest BCUT2D eigenvalue weighted by Gasteiger charge is -2.08. The van der Waals surface area contributed by atoms with Crippen molar-refractivity contribution >= 4 is 22.3 Å². The summed E-state index contributed by atoms with van der Waals surface area (Å²) in [6.45, 7) is 4.80. The molecule has 25 heavy (non-hydrogen) atoms. The number of rotatable bonds is 2. The smallest absolute Gasteiger partial charge is 0.0822 e. The number of hydrogen-bond acceptors (Lipinski definition) is 3. The summed E-state index contributed by atoms with van der Waals surface area (Å²) in [5.41, 5.74) is 7.34. The topological polar surface area (TPSA) is 53.9 Å². The minimum Gasteiger partial charge on any atom is -0.276 e. The number of nitrogens with zero attached hydrogens (tertiary/aromatic N) is 3. The number of aromatic nitrogens is 3. The number of hydrogen-bond donors (Lipinski definition) is 1. The number of nitrogens with one attached hydrogen (secondary N) is 1. The fraction of sp³-hybridized carbons (Fsp3) is 0.143. The third-order valence-electron chi connectivity index (χ3n) is 4.27. The summed E-state index contributed by atoms with van der Waals surface area (Å²) in [6, 6.07) is 8.35. The second-order valence-corrected chi connectivity index (χ2v) is 6.25. The second-order valence-electron chi connectivity index (χ2n) is 6.25. The second kappa shape index (κ2) is 6.34. The van der Waals surface area contributed by atoms with E-state index in [0.29, 0.717) is 6.54 Å². The molecule has 0 amide bonds. The van der Waals surface area contributed by atoms with E-state index in [0.717, 1.165) is 33.3 Å². The molecule has 1 aliphatic rings. The zero-order valence-corrected chi connectivity index (χ0v) is 14.2. The van der Waals surface area contributed by atoms with Crippen LogP contribution < -0.4 is 0 Å². The molecule has 2 aromatic heterocycles. The van der Waals surface area contributed by atoms with Crippen LogP contribution in [0.2, 0.25) is 0 Å². The number of benzene rings is 1. The third-order valence-corrected chi connectivity index (χ3v) is 4.27. The van der Waals surface area contributed by atoms with Gasteiger partial charge in [0.15, 0.2) is 0 Å². The van der Waals surface area contributed by atoms with Gasteiger partial charge in [0.1, 0.15) is 0 Å². The predicted octanol–water partition coefficient (Wildman–Crippen LogP) is 4.50. The van der Waals surface area contributed by atoms with E-state index in [4.69, 9.17) is 0 Å². The first-order valence-corrected chi connectivity index (χ1v) is 8.25. The van der Waals surface area contributed by atoms with Crippen molar-refractivity contribution in [3.05, 3.63) is 71.7 Å². The molecule has 0 spiro atoms. The average molecular weight is 326 g/mol. The van der Waals surface area contributed by atoms with Gasteiger partial charge in [0.05, 0.1) is 29.5 Å². The lowest BCUT2D eigenvalue weighted by Crippen LogP contribution is -1.92. The fourth-order valence-corrected chi connectivity index (χ4v) is 2.98. The van der Waals surface area contributed by atoms with Gasteiger partial charge in [0, 0.05) is 17.1 Å². The molecule has 4 rings (SSSR count). The van der Waals surface area contributed by atoms with Crippen LogP contribution in [0.25, 0.3) is 27.6 Å². The maximum atomic E-state index is 4.50. The van der Waals surface area contributed by atoms with Crippen molar-refractivity contribution in [2.45, 2.75) is 13.8 Å². The lowest BCUT2D eigenvalue weighted by molar-refractivity contribution is 1.08. The highest BCUT2D eigenvalue weighted by Gasteiger charge is 2.14. The number of H-pyrrole nitrogens is 1. The van der Waals surface area contributed by atoms with Crippen LogP contribution in [0.5, 0.6) is 0 Å². The molecule has 0 radical (unpaired) electrons. The molecule has 1 aromatic carbocycles. The van der Waals surface area contributed by atoms with Gasteiger partial charge in [-0.25, -0.2) is 4.99 Å². The van der Waals surface area contributed by atoms with E-state index in [1.807, 2.05) is 30.6 Å². The van der Waals surface area contributed by atoms with Crippen LogP contribution in [-0.4, -0.2) is 27.6 Å². The van der Waals surface area contributed by atoms with E-state index < -0.39 is 0 Å². The quantitative estimate of drug-likeness (QED) is 0.753. The molecular weight excluding hydrogens is 308 g/mol. The Morgan fingerprint density at radius 2 is 2.04 bits per heavy atom. The van der Waals surface area contributed by atoms with Gasteiger partial charge in [-0.05, 0) is 49.1 Å². The van der Waals surface area contributed by atoms with Crippen LogP contribution >= 0.6 is 0 Å². The summed E-state index contributed by atoms with van der Waals surface area (Å²) in [7, 11) is 0. The molecular formula is C21H18N4. The van der Waals surface area contributed by atoms with Crippen LogP contribution in [-0.2, 0) is 0 Å². The Kier molecular flexibility index (Phi) is 3.88. The van der Waals surface area contributed by atoms with E-state index in [2.05, 4.69) is 64.2 Å². The van der Waals surface area contributed by atoms with Crippen LogP contribution in [0.3, 0.4) is 0 Å². The van der Waals surface area contributed by atoms with E-state index in [1.54, 1.807) is 0 Å². The zero-order chi connectivity index (χ0) is 17.2. The largest absolute Gasteiger partial charge is 0.276 e. The minimum absolute atomic E-state index is 0.661. The van der Waals surface area contributed by atoms with Crippen molar-refractivity contribution in [3.63, 3.8) is 0 Å². The molecule has 0 unspecified atom stereocenters. The molecule has 3 aromatic rings. The van der Waals surface area contributed by atoms with E-state index in [9.17, 15) is 0 Å². The van der Waals surface area contributed by atoms with Gasteiger partial charge in [0.2, 0.25) is 0 Å². The molecule has 3 heterocycles. The zero-order valence-electron chi connectivity index (χ0n) is 14.2. The fourth-order valence-electron chi connectivity index (χ4n) is 2.98. The van der Waals surface area contributed by atoms with Crippen LogP contribution in [0.1, 0.15) is 18.2 Å². The van der Waals surface area contributed by atoms with Crippen LogP contribution in [0.15, 0.2) is 65.5 Å². The van der Waals surface area contributed by atoms with Crippen LogP contribution in [0.4, 0.5) is 0 Å². The molecule has 0 aliphatic carbocycles. The number of aromatic amines is 1. The number of aliphatic imine (C=N–C) groups is 1. The minimum atomic E-state index is 0.661. The molecule has 1 aliphatic heterocycles. The maximum Gasteiger partial charge on any atom is 0.0822 e. The molecule has 0 fully saturated rings. The number of aryl methyl sites for hydroxylation is 1. The maximum absolute atomic E-state index is 4.50. The Balaban J connectivity index is 1.88. The highest BCUT2D eigenvalue weighted by Crippen LogP contribution is 2.32. The summed E-state index contributed by atoms with van der Waals surface area (Å²) in [5, 5.41) is 8.49. The monoisotopic (exact) mass is 326 g/mol. The Labute approximate surface area is 146 Å². The SMILES string of the molecule is C/C1=C/C=C\C(c2[nH]ncc2-c2ccnc3cc(C)ccc23)=C=NC1. The Bertz CT molecular complexity index is 1080. The van der Waals surface area contributed by atoms with Gasteiger partial charge in [-0.15, -0.1) is 0 Å². The van der Waals surface area contributed by atoms with E-state index in [-0.39, 0.29) is 0 Å². The first-order chi connectivity index (χ1) is 12.2. The molecule has 122 valence electrons. The normalized spacial score (nSPS) is 17.5. The first-order valence-electron chi connectivity index (χ1n) is 8.25. The molecule has 4 nitrogen and oxygen atoms in total. The van der Waals surface area contributed by atoms with E-state index in [1.165, 1.54) is 11.1 Å². The van der Waals surface area contributed by atoms with Gasteiger partial charge in [-0.2, -0.15) is 5.10 Å². The van der Waals surface area contributed by atoms with Gasteiger partial charge < -0.3 is 0 Å². The van der Waals surface area contributed by atoms with Crippen molar-refractivity contribution < 1.29 is 0 Å². The van der Waals surface area contributed by atoms with Crippen LogP contribution in [0, 0.1) is 6.92 Å². The van der Waals surface area contributed by atoms with Crippen molar-refractivity contribution in [1.82, 2.24) is 15.2 Å². The first kappa shape index (κ1) is 15.3. The van der Waals surface area contributed by atoms with Gasteiger partial charge in [-0.1, -0.05) is 29.9 Å². The number of fused-ring (bicyclic) bond motifs is 1. The summed E-state index contributed by atoms with van der Waals surface area (Å²) in [4.78, 5) is 8.89. The number of pyridine rings is 1. The summed E-state index contributed by atoms with van der Waals surface area (Å²) >= 11 is 0. The lowest BCUT2D eigenvalue weighted by atomic mass is 9.98. The molecule has 0 bridgehead atoms. The van der Waals surface area contributed by atoms with Crippen molar-refractivity contribution in [3.8, 4) is 11.1 Å². The Hall–Kier alpha value is -3.23. The number of allylic oxidation sites excluding steroid dienone is 4. The van der Waals surface area contributed by atoms with Crippen molar-refractivity contribution in [2.75, 3.05) is 6.54 Å². The summed E-state index contributed by atoms with van der Waals surface area (Å²) in [5.74, 6) is 3.15. The Morgan fingerprint density at radius 1 is 1.12 bits per heavy atom. The van der Waals surface area contributed by atoms with Gasteiger partial charge in [-0.3, -0.25) is 10.1 Å². The average Bonchev–Trinajstić information content (AvgIpc) is 3.06. The molecule has 1 N–H and O–H groups in total. The highest BCUT2D eigenvalue weighted by molar-refractivity contribution is 6.02. The highest BCUT2D eigenvalue weighted by atomic mass is 15.1. The van der Waals surface area contributed by atoms with Gasteiger partial charge in [0.25, 0.3) is 0 Å². The van der Waals surface area contributed by atoms with Crippen molar-refractivity contribution in [2.24, 2.45) is 4.99 Å². The summed E-state index contributed by atoms with van der Waals surface area (Å²) < 4.78 is 0.